The third kappa shape index (κ3) is 2.27. The van der Waals surface area contributed by atoms with Gasteiger partial charge in [0.15, 0.2) is 5.82 Å². The maximum absolute atomic E-state index is 8.88. The Hall–Kier alpha value is -1.29. The van der Waals surface area contributed by atoms with Gasteiger partial charge in [0.05, 0.1) is 5.69 Å². The second kappa shape index (κ2) is 5.16. The van der Waals surface area contributed by atoms with E-state index >= 15 is 0 Å². The van der Waals surface area contributed by atoms with E-state index in [4.69, 9.17) is 10.8 Å². The first kappa shape index (κ1) is 11.2. The summed E-state index contributed by atoms with van der Waals surface area (Å²) in [6, 6.07) is 4.24. The highest BCUT2D eigenvalue weighted by Gasteiger charge is 2.26. The van der Waals surface area contributed by atoms with E-state index in [1.165, 1.54) is 12.8 Å². The maximum atomic E-state index is 8.88. The molecule has 0 spiro atoms. The zero-order valence-electron chi connectivity index (χ0n) is 9.47. The first-order valence-corrected chi connectivity index (χ1v) is 5.91. The number of pyridine rings is 1. The molecule has 0 amide bonds. The van der Waals surface area contributed by atoms with E-state index in [1.807, 2.05) is 12.1 Å². The number of aliphatic hydroxyl groups excluding tert-OH is 1. The minimum Gasteiger partial charge on any atom is -0.396 e. The standard InChI is InChI=1S/C12H19N3O/c13-11-6-1-7-14-12(11)15-8-2-4-10(15)5-3-9-16/h1,6-7,10,16H,2-5,8-9,13H2. The second-order valence-corrected chi connectivity index (χ2v) is 4.27. The third-order valence-electron chi connectivity index (χ3n) is 3.16. The Morgan fingerprint density at radius 2 is 2.44 bits per heavy atom. The summed E-state index contributed by atoms with van der Waals surface area (Å²) in [5, 5.41) is 8.88. The van der Waals surface area contributed by atoms with Gasteiger partial charge in [0.1, 0.15) is 0 Å². The van der Waals surface area contributed by atoms with Crippen LogP contribution in [-0.2, 0) is 0 Å². The summed E-state index contributed by atoms with van der Waals surface area (Å²) >= 11 is 0. The van der Waals surface area contributed by atoms with Crippen molar-refractivity contribution >= 4 is 11.5 Å². The molecule has 0 saturated carbocycles. The molecule has 1 aromatic rings. The number of nitrogens with two attached hydrogens (primary N) is 1. The molecule has 0 aromatic carbocycles. The third-order valence-corrected chi connectivity index (χ3v) is 3.16. The predicted octanol–water partition coefficient (Wildman–Crippen LogP) is 1.41. The smallest absolute Gasteiger partial charge is 0.152 e. The monoisotopic (exact) mass is 221 g/mol. The Kier molecular flexibility index (Phi) is 3.62. The normalized spacial score (nSPS) is 20.3. The lowest BCUT2D eigenvalue weighted by Gasteiger charge is -2.26. The highest BCUT2D eigenvalue weighted by atomic mass is 16.2. The fourth-order valence-electron chi connectivity index (χ4n) is 2.39. The van der Waals surface area contributed by atoms with E-state index in [0.29, 0.717) is 6.04 Å². The van der Waals surface area contributed by atoms with Crippen molar-refractivity contribution in [2.24, 2.45) is 0 Å². The van der Waals surface area contributed by atoms with Gasteiger partial charge in [0.25, 0.3) is 0 Å². The summed E-state index contributed by atoms with van der Waals surface area (Å²) in [6.45, 7) is 1.29. The van der Waals surface area contributed by atoms with Crippen molar-refractivity contribution in [1.29, 1.82) is 0 Å². The van der Waals surface area contributed by atoms with Gasteiger partial charge in [-0.2, -0.15) is 0 Å². The number of nitrogen functional groups attached to an aromatic ring is 1. The average molecular weight is 221 g/mol. The second-order valence-electron chi connectivity index (χ2n) is 4.27. The lowest BCUT2D eigenvalue weighted by molar-refractivity contribution is 0.279. The molecule has 88 valence electrons. The topological polar surface area (TPSA) is 62.4 Å². The van der Waals surface area contributed by atoms with E-state index in [2.05, 4.69) is 9.88 Å². The van der Waals surface area contributed by atoms with Crippen LogP contribution >= 0.6 is 0 Å². The Bertz CT molecular complexity index is 343. The number of rotatable bonds is 4. The lowest BCUT2D eigenvalue weighted by atomic mass is 10.1. The molecular formula is C12H19N3O. The molecule has 1 aliphatic heterocycles. The molecule has 4 nitrogen and oxygen atoms in total. The molecule has 1 aliphatic rings. The van der Waals surface area contributed by atoms with Crippen LogP contribution in [0.2, 0.25) is 0 Å². The number of hydrogen-bond donors (Lipinski definition) is 2. The molecule has 1 atom stereocenters. The summed E-state index contributed by atoms with van der Waals surface area (Å²) in [5.74, 6) is 0.905. The number of aliphatic hydroxyl groups is 1. The van der Waals surface area contributed by atoms with Gasteiger partial charge in [-0.1, -0.05) is 0 Å². The molecule has 16 heavy (non-hydrogen) atoms. The zero-order valence-corrected chi connectivity index (χ0v) is 9.47. The van der Waals surface area contributed by atoms with Gasteiger partial charge in [-0.3, -0.25) is 0 Å². The molecule has 2 rings (SSSR count). The van der Waals surface area contributed by atoms with Crippen molar-refractivity contribution in [2.45, 2.75) is 31.7 Å². The summed E-state index contributed by atoms with van der Waals surface area (Å²) < 4.78 is 0. The first-order chi connectivity index (χ1) is 7.83. The van der Waals surface area contributed by atoms with Crippen molar-refractivity contribution in [2.75, 3.05) is 23.8 Å². The summed E-state index contributed by atoms with van der Waals surface area (Å²) in [6.07, 6.45) is 6.02. The molecule has 2 heterocycles. The predicted molar refractivity (Wildman–Crippen MR) is 65.3 cm³/mol. The Balaban J connectivity index is 2.10. The number of anilines is 2. The molecule has 1 aromatic heterocycles. The minimum absolute atomic E-state index is 0.266. The number of aromatic nitrogens is 1. The molecule has 1 fully saturated rings. The van der Waals surface area contributed by atoms with Gasteiger partial charge in [0, 0.05) is 25.4 Å². The van der Waals surface area contributed by atoms with Crippen molar-refractivity contribution in [1.82, 2.24) is 4.98 Å². The van der Waals surface area contributed by atoms with Gasteiger partial charge < -0.3 is 15.7 Å². The van der Waals surface area contributed by atoms with Gasteiger partial charge >= 0.3 is 0 Å². The first-order valence-electron chi connectivity index (χ1n) is 5.91. The van der Waals surface area contributed by atoms with Crippen LogP contribution in [0, 0.1) is 0 Å². The van der Waals surface area contributed by atoms with E-state index in [9.17, 15) is 0 Å². The molecule has 0 bridgehead atoms. The van der Waals surface area contributed by atoms with Gasteiger partial charge in [-0.15, -0.1) is 0 Å². The Morgan fingerprint density at radius 3 is 3.19 bits per heavy atom. The van der Waals surface area contributed by atoms with Gasteiger partial charge in [-0.05, 0) is 37.8 Å². The number of nitrogens with zero attached hydrogens (tertiary/aromatic N) is 2. The molecule has 1 saturated heterocycles. The van der Waals surface area contributed by atoms with E-state index in [1.54, 1.807) is 6.20 Å². The highest BCUT2D eigenvalue weighted by Crippen LogP contribution is 2.29. The molecule has 0 radical (unpaired) electrons. The van der Waals surface area contributed by atoms with Crippen LogP contribution in [0.1, 0.15) is 25.7 Å². The summed E-state index contributed by atoms with van der Waals surface area (Å²) in [5.41, 5.74) is 6.69. The fraction of sp³-hybridized carbons (Fsp3) is 0.583. The van der Waals surface area contributed by atoms with Crippen LogP contribution in [-0.4, -0.2) is 29.3 Å². The van der Waals surface area contributed by atoms with Crippen LogP contribution in [0.15, 0.2) is 18.3 Å². The van der Waals surface area contributed by atoms with Crippen molar-refractivity contribution < 1.29 is 5.11 Å². The van der Waals surface area contributed by atoms with E-state index in [0.717, 1.165) is 30.9 Å². The van der Waals surface area contributed by atoms with Crippen molar-refractivity contribution in [3.05, 3.63) is 18.3 Å². The van der Waals surface area contributed by atoms with Crippen molar-refractivity contribution in [3.8, 4) is 0 Å². The van der Waals surface area contributed by atoms with Gasteiger partial charge in [0.2, 0.25) is 0 Å². The van der Waals surface area contributed by atoms with Crippen LogP contribution < -0.4 is 10.6 Å². The molecule has 3 N–H and O–H groups in total. The van der Waals surface area contributed by atoms with E-state index < -0.39 is 0 Å². The number of hydrogen-bond acceptors (Lipinski definition) is 4. The zero-order chi connectivity index (χ0) is 11.4. The van der Waals surface area contributed by atoms with Crippen LogP contribution in [0.5, 0.6) is 0 Å². The molecule has 0 aliphatic carbocycles. The van der Waals surface area contributed by atoms with E-state index in [-0.39, 0.29) is 6.61 Å². The maximum Gasteiger partial charge on any atom is 0.152 e. The van der Waals surface area contributed by atoms with Gasteiger partial charge in [-0.25, -0.2) is 4.98 Å². The lowest BCUT2D eigenvalue weighted by Crippen LogP contribution is -2.30. The Morgan fingerprint density at radius 1 is 1.56 bits per heavy atom. The van der Waals surface area contributed by atoms with Crippen LogP contribution in [0.4, 0.5) is 11.5 Å². The summed E-state index contributed by atoms with van der Waals surface area (Å²) in [4.78, 5) is 6.64. The fourth-order valence-corrected chi connectivity index (χ4v) is 2.39. The quantitative estimate of drug-likeness (QED) is 0.807. The molecule has 1 unspecified atom stereocenters. The SMILES string of the molecule is Nc1cccnc1N1CCCC1CCCO. The molecule has 4 heteroatoms. The average Bonchev–Trinajstić information content (AvgIpc) is 2.75. The van der Waals surface area contributed by atoms with Crippen molar-refractivity contribution in [3.63, 3.8) is 0 Å². The Labute approximate surface area is 96.1 Å². The van der Waals surface area contributed by atoms with Crippen LogP contribution in [0.3, 0.4) is 0 Å². The molecular weight excluding hydrogens is 202 g/mol. The minimum atomic E-state index is 0.266. The largest absolute Gasteiger partial charge is 0.396 e. The summed E-state index contributed by atoms with van der Waals surface area (Å²) in [7, 11) is 0. The highest BCUT2D eigenvalue weighted by molar-refractivity contribution is 5.63. The van der Waals surface area contributed by atoms with Crippen LogP contribution in [0.25, 0.3) is 0 Å².